The monoisotopic (exact) mass is 505 g/mol. The number of nitrogens with zero attached hydrogens (tertiary/aromatic N) is 1. The minimum atomic E-state index is -0.728. The third-order valence-electron chi connectivity index (χ3n) is 5.60. The Morgan fingerprint density at radius 1 is 0.919 bits per heavy atom. The molecule has 0 N–H and O–H groups in total. The van der Waals surface area contributed by atoms with Gasteiger partial charge in [0.1, 0.15) is 5.75 Å². The van der Waals surface area contributed by atoms with Crippen molar-refractivity contribution in [3.05, 3.63) is 83.8 Å². The van der Waals surface area contributed by atoms with Crippen molar-refractivity contribution in [3.8, 4) is 5.75 Å². The van der Waals surface area contributed by atoms with E-state index in [-0.39, 0.29) is 42.6 Å². The van der Waals surface area contributed by atoms with E-state index < -0.39 is 36.2 Å². The van der Waals surface area contributed by atoms with Crippen LogP contribution in [0.5, 0.6) is 5.75 Å². The van der Waals surface area contributed by atoms with Crippen molar-refractivity contribution in [1.82, 2.24) is 0 Å². The van der Waals surface area contributed by atoms with Gasteiger partial charge in [0.05, 0.1) is 24.4 Å². The summed E-state index contributed by atoms with van der Waals surface area (Å²) >= 11 is 0. The molecule has 1 fully saturated rings. The molecule has 0 bridgehead atoms. The lowest BCUT2D eigenvalue weighted by Gasteiger charge is -2.17. The van der Waals surface area contributed by atoms with Gasteiger partial charge in [-0.2, -0.15) is 0 Å². The van der Waals surface area contributed by atoms with Crippen LogP contribution in [0.15, 0.2) is 71.3 Å². The number of hydrogen-bond acceptors (Lipinski definition) is 9. The van der Waals surface area contributed by atoms with E-state index in [1.807, 2.05) is 0 Å². The van der Waals surface area contributed by atoms with E-state index >= 15 is 0 Å². The topological polar surface area (TPSA) is 129 Å². The highest BCUT2D eigenvalue weighted by atomic mass is 16.5. The molecule has 37 heavy (non-hydrogen) atoms. The smallest absolute Gasteiger partial charge is 0.379 e. The van der Waals surface area contributed by atoms with Gasteiger partial charge in [0.25, 0.3) is 0 Å². The van der Waals surface area contributed by atoms with Crippen molar-refractivity contribution < 1.29 is 42.6 Å². The first-order chi connectivity index (χ1) is 17.9. The average molecular weight is 505 g/mol. The molecule has 190 valence electrons. The third kappa shape index (κ3) is 6.10. The number of esters is 3. The highest BCUT2D eigenvalue weighted by Gasteiger charge is 2.36. The number of Topliss-reactive ketones (excluding diaryl/α,β-unsaturated/α-hetero) is 1. The SMILES string of the molecule is CCOC(=O)c1ccc(N2C[C@@H](C(=O)OCC(=O)c3ccc(OC(=O)c4ccco4)cc3)CC2=O)cc1. The Kier molecular flexibility index (Phi) is 7.77. The van der Waals surface area contributed by atoms with Crippen molar-refractivity contribution in [2.45, 2.75) is 13.3 Å². The fourth-order valence-corrected chi connectivity index (χ4v) is 3.71. The summed E-state index contributed by atoms with van der Waals surface area (Å²) in [7, 11) is 0. The lowest BCUT2D eigenvalue weighted by Crippen LogP contribution is -2.27. The van der Waals surface area contributed by atoms with Gasteiger partial charge in [-0.3, -0.25) is 14.4 Å². The zero-order chi connectivity index (χ0) is 26.4. The van der Waals surface area contributed by atoms with E-state index in [1.54, 1.807) is 37.3 Å². The summed E-state index contributed by atoms with van der Waals surface area (Å²) in [5.41, 5.74) is 1.16. The molecule has 1 atom stereocenters. The number of anilines is 1. The lowest BCUT2D eigenvalue weighted by molar-refractivity contribution is -0.147. The normalized spacial score (nSPS) is 14.8. The molecule has 0 aliphatic carbocycles. The number of amides is 1. The number of hydrogen-bond donors (Lipinski definition) is 0. The van der Waals surface area contributed by atoms with Gasteiger partial charge >= 0.3 is 17.9 Å². The van der Waals surface area contributed by atoms with Crippen molar-refractivity contribution >= 4 is 35.3 Å². The number of ether oxygens (including phenoxy) is 3. The average Bonchev–Trinajstić information content (AvgIpc) is 3.58. The summed E-state index contributed by atoms with van der Waals surface area (Å²) < 4.78 is 20.2. The Balaban J connectivity index is 1.28. The van der Waals surface area contributed by atoms with E-state index in [9.17, 15) is 24.0 Å². The van der Waals surface area contributed by atoms with E-state index in [1.165, 1.54) is 41.5 Å². The van der Waals surface area contributed by atoms with Gasteiger partial charge in [0.2, 0.25) is 11.7 Å². The minimum Gasteiger partial charge on any atom is -0.462 e. The summed E-state index contributed by atoms with van der Waals surface area (Å²) in [5.74, 6) is -2.97. The van der Waals surface area contributed by atoms with Crippen LogP contribution in [0.2, 0.25) is 0 Å². The summed E-state index contributed by atoms with van der Waals surface area (Å²) in [5, 5.41) is 0. The third-order valence-corrected chi connectivity index (χ3v) is 5.60. The molecule has 1 aliphatic heterocycles. The Labute approximate surface area is 211 Å². The maximum atomic E-state index is 12.5. The van der Waals surface area contributed by atoms with Crippen LogP contribution in [0, 0.1) is 5.92 Å². The van der Waals surface area contributed by atoms with Gasteiger partial charge in [0, 0.05) is 24.2 Å². The van der Waals surface area contributed by atoms with Gasteiger partial charge in [-0.05, 0) is 67.6 Å². The first-order valence-electron chi connectivity index (χ1n) is 11.5. The molecule has 1 aliphatic rings. The van der Waals surface area contributed by atoms with Gasteiger partial charge in [-0.15, -0.1) is 0 Å². The molecule has 4 rings (SSSR count). The fraction of sp³-hybridized carbons (Fsp3) is 0.222. The van der Waals surface area contributed by atoms with Crippen LogP contribution >= 0.6 is 0 Å². The van der Waals surface area contributed by atoms with Crippen LogP contribution in [0.4, 0.5) is 5.69 Å². The minimum absolute atomic E-state index is 0.0460. The molecule has 0 radical (unpaired) electrons. The zero-order valence-electron chi connectivity index (χ0n) is 19.9. The number of benzene rings is 2. The molecule has 10 nitrogen and oxygen atoms in total. The second-order valence-corrected chi connectivity index (χ2v) is 8.09. The van der Waals surface area contributed by atoms with Crippen molar-refractivity contribution in [2.75, 3.05) is 24.7 Å². The summed E-state index contributed by atoms with van der Waals surface area (Å²) in [4.78, 5) is 62.6. The molecule has 1 saturated heterocycles. The molecular weight excluding hydrogens is 482 g/mol. The fourth-order valence-electron chi connectivity index (χ4n) is 3.71. The molecule has 0 unspecified atom stereocenters. The Morgan fingerprint density at radius 2 is 1.62 bits per heavy atom. The maximum absolute atomic E-state index is 12.5. The number of ketones is 1. The van der Waals surface area contributed by atoms with Gasteiger partial charge in [-0.25, -0.2) is 9.59 Å². The highest BCUT2D eigenvalue weighted by Crippen LogP contribution is 2.26. The van der Waals surface area contributed by atoms with Crippen LogP contribution < -0.4 is 9.64 Å². The first-order valence-corrected chi connectivity index (χ1v) is 11.5. The van der Waals surface area contributed by atoms with Crippen molar-refractivity contribution in [3.63, 3.8) is 0 Å². The molecule has 10 heteroatoms. The van der Waals surface area contributed by atoms with E-state index in [2.05, 4.69) is 0 Å². The van der Waals surface area contributed by atoms with E-state index in [0.717, 1.165) is 0 Å². The molecule has 1 aromatic heterocycles. The van der Waals surface area contributed by atoms with Crippen LogP contribution in [-0.2, 0) is 19.1 Å². The number of carbonyl (C=O) groups is 5. The predicted molar refractivity (Wildman–Crippen MR) is 128 cm³/mol. The largest absolute Gasteiger partial charge is 0.462 e. The zero-order valence-corrected chi connectivity index (χ0v) is 19.9. The summed E-state index contributed by atoms with van der Waals surface area (Å²) in [6, 6.07) is 15.1. The molecular formula is C27H23NO9. The lowest BCUT2D eigenvalue weighted by atomic mass is 10.1. The summed E-state index contributed by atoms with van der Waals surface area (Å²) in [6.07, 6.45) is 1.30. The van der Waals surface area contributed by atoms with Crippen LogP contribution in [0.25, 0.3) is 0 Å². The molecule has 0 saturated carbocycles. The molecule has 2 aromatic carbocycles. The predicted octanol–water partition coefficient (Wildman–Crippen LogP) is 3.45. The second-order valence-electron chi connectivity index (χ2n) is 8.09. The Morgan fingerprint density at radius 3 is 2.27 bits per heavy atom. The van der Waals surface area contributed by atoms with Crippen LogP contribution in [-0.4, -0.2) is 49.4 Å². The first kappa shape index (κ1) is 25.4. The van der Waals surface area contributed by atoms with E-state index in [4.69, 9.17) is 18.6 Å². The van der Waals surface area contributed by atoms with Gasteiger partial charge < -0.3 is 23.5 Å². The standard InChI is InChI=1S/C27H23NO9/c1-2-34-25(31)18-5-9-20(10-6-18)28-15-19(14-24(28)30)26(32)36-16-22(29)17-7-11-21(12-8-17)37-27(33)23-4-3-13-35-23/h3-13,19H,2,14-16H2,1H3/t19-/m0/s1. The van der Waals surface area contributed by atoms with E-state index in [0.29, 0.717) is 11.3 Å². The number of furan rings is 1. The van der Waals surface area contributed by atoms with Crippen LogP contribution in [0.1, 0.15) is 44.6 Å². The molecule has 3 aromatic rings. The number of rotatable bonds is 9. The van der Waals surface area contributed by atoms with Crippen molar-refractivity contribution in [2.24, 2.45) is 5.92 Å². The molecule has 2 heterocycles. The number of carbonyl (C=O) groups excluding carboxylic acids is 5. The van der Waals surface area contributed by atoms with Crippen LogP contribution in [0.3, 0.4) is 0 Å². The second kappa shape index (κ2) is 11.3. The molecule has 1 amide bonds. The maximum Gasteiger partial charge on any atom is 0.379 e. The van der Waals surface area contributed by atoms with Crippen molar-refractivity contribution in [1.29, 1.82) is 0 Å². The molecule has 0 spiro atoms. The Hall–Kier alpha value is -4.73. The highest BCUT2D eigenvalue weighted by molar-refractivity contribution is 6.01. The van der Waals surface area contributed by atoms with Gasteiger partial charge in [0.15, 0.2) is 12.4 Å². The Bertz CT molecular complexity index is 1290. The summed E-state index contributed by atoms with van der Waals surface area (Å²) in [6.45, 7) is 1.56. The quantitative estimate of drug-likeness (QED) is 0.244. The van der Waals surface area contributed by atoms with Gasteiger partial charge in [-0.1, -0.05) is 0 Å².